The van der Waals surface area contributed by atoms with Crippen molar-refractivity contribution >= 4 is 0 Å². The van der Waals surface area contributed by atoms with Gasteiger partial charge in [-0.15, -0.1) is 0 Å². The van der Waals surface area contributed by atoms with Crippen molar-refractivity contribution < 1.29 is 25.5 Å². The van der Waals surface area contributed by atoms with Gasteiger partial charge in [-0.05, 0) is 32.6 Å². The molecular weight excluding hydrogens is 883 g/mol. The Bertz CT molecular complexity index is 1040. The monoisotopic (exact) mass is 1010 g/mol. The quantitative estimate of drug-likeness (QED) is 0.0377. The number of nitrogens with zero attached hydrogens (tertiary/aromatic N) is 5. The Balaban J connectivity index is 2.77. The van der Waals surface area contributed by atoms with Crippen molar-refractivity contribution in [2.75, 3.05) is 98.2 Å². The van der Waals surface area contributed by atoms with Crippen LogP contribution in [0.2, 0.25) is 0 Å². The van der Waals surface area contributed by atoms with Crippen LogP contribution in [0.25, 0.3) is 0 Å². The van der Waals surface area contributed by atoms with E-state index in [1.54, 1.807) is 0 Å². The second-order valence-corrected chi connectivity index (χ2v) is 23.0. The molecule has 0 saturated carbocycles. The van der Waals surface area contributed by atoms with E-state index in [2.05, 4.69) is 52.2 Å². The molecule has 0 aromatic carbocycles. The highest BCUT2D eigenvalue weighted by Crippen LogP contribution is 2.17. The van der Waals surface area contributed by atoms with E-state index < -0.39 is 6.10 Å². The molecule has 1 rings (SSSR count). The fourth-order valence-electron chi connectivity index (χ4n) is 10.9. The van der Waals surface area contributed by atoms with Crippen molar-refractivity contribution in [3.63, 3.8) is 0 Å². The summed E-state index contributed by atoms with van der Waals surface area (Å²) in [6.07, 6.45) is 42.2. The molecular formula is C61H127N5O5. The Hall–Kier alpha value is -0.400. The van der Waals surface area contributed by atoms with Crippen molar-refractivity contribution in [2.45, 2.75) is 296 Å². The van der Waals surface area contributed by atoms with Crippen LogP contribution in [0.5, 0.6) is 0 Å². The highest BCUT2D eigenvalue weighted by molar-refractivity contribution is 4.78. The second kappa shape index (κ2) is 50.4. The number of piperazine rings is 1. The lowest BCUT2D eigenvalue weighted by Crippen LogP contribution is -2.51. The van der Waals surface area contributed by atoms with Crippen molar-refractivity contribution in [3.05, 3.63) is 0 Å². The van der Waals surface area contributed by atoms with Crippen LogP contribution < -0.4 is 0 Å². The van der Waals surface area contributed by atoms with Gasteiger partial charge in [-0.3, -0.25) is 24.5 Å². The van der Waals surface area contributed by atoms with E-state index in [4.69, 9.17) is 0 Å². The van der Waals surface area contributed by atoms with E-state index in [9.17, 15) is 25.5 Å². The van der Waals surface area contributed by atoms with Crippen molar-refractivity contribution in [1.82, 2.24) is 24.5 Å². The molecule has 1 aliphatic heterocycles. The maximum Gasteiger partial charge on any atom is 0.0667 e. The van der Waals surface area contributed by atoms with Crippen LogP contribution in [0.4, 0.5) is 0 Å². The summed E-state index contributed by atoms with van der Waals surface area (Å²) in [4.78, 5) is 12.2. The first-order valence-electron chi connectivity index (χ1n) is 31.6. The third kappa shape index (κ3) is 44.4. The first-order chi connectivity index (χ1) is 34.6. The normalized spacial score (nSPS) is 16.2. The molecule has 0 amide bonds. The Morgan fingerprint density at radius 2 is 0.521 bits per heavy atom. The van der Waals surface area contributed by atoms with Gasteiger partial charge in [0.2, 0.25) is 0 Å². The molecule has 1 saturated heterocycles. The molecule has 0 bridgehead atoms. The average molecular weight is 1010 g/mol. The molecule has 1 aliphatic rings. The largest absolute Gasteiger partial charge is 0.392 e. The van der Waals surface area contributed by atoms with Gasteiger partial charge in [0, 0.05) is 98.2 Å². The maximum absolute atomic E-state index is 11.3. The third-order valence-corrected chi connectivity index (χ3v) is 15.6. The Labute approximate surface area is 442 Å². The van der Waals surface area contributed by atoms with Crippen LogP contribution in [0, 0.1) is 0 Å². The molecule has 0 aliphatic carbocycles. The summed E-state index contributed by atoms with van der Waals surface area (Å²) in [5.74, 6) is 0. The number of unbranched alkanes of at least 4 members (excludes halogenated alkanes) is 28. The van der Waals surface area contributed by atoms with Gasteiger partial charge in [0.1, 0.15) is 0 Å². The lowest BCUT2D eigenvalue weighted by atomic mass is 10.0. The zero-order chi connectivity index (χ0) is 51.8. The molecule has 5 atom stereocenters. The molecule has 1 fully saturated rings. The third-order valence-electron chi connectivity index (χ3n) is 15.6. The highest BCUT2D eigenvalue weighted by atomic mass is 16.3. The first-order valence-corrected chi connectivity index (χ1v) is 31.6. The second-order valence-electron chi connectivity index (χ2n) is 23.0. The summed E-state index contributed by atoms with van der Waals surface area (Å²) < 4.78 is 0. The molecule has 71 heavy (non-hydrogen) atoms. The number of hydrogen-bond donors (Lipinski definition) is 5. The van der Waals surface area contributed by atoms with Gasteiger partial charge in [-0.1, -0.05) is 233 Å². The van der Waals surface area contributed by atoms with E-state index in [1.807, 2.05) is 6.92 Å². The van der Waals surface area contributed by atoms with Crippen LogP contribution >= 0.6 is 0 Å². The lowest BCUT2D eigenvalue weighted by molar-refractivity contribution is 0.0448. The standard InChI is InChI=1S/C61H127N5O5/c1-6-10-14-18-22-26-30-34-38-58(68)53-64(49-51-65(52-57(5)67)54-59(69)39-35-31-27-23-19-15-11-7-2)48-46-62-42-44-63(45-43-62)47-50-66(55-60(70)40-36-32-28-24-20-16-12-8-3)56-61(71)41-37-33-29-25-21-17-13-9-4/h57-61,67-71H,6-56H2,1-5H3. The van der Waals surface area contributed by atoms with Gasteiger partial charge in [-0.2, -0.15) is 0 Å². The fourth-order valence-corrected chi connectivity index (χ4v) is 10.9. The minimum atomic E-state index is -0.454. The van der Waals surface area contributed by atoms with Crippen LogP contribution in [0.1, 0.15) is 266 Å². The molecule has 5 N–H and O–H groups in total. The molecule has 426 valence electrons. The summed E-state index contributed by atoms with van der Waals surface area (Å²) in [6.45, 7) is 23.4. The summed E-state index contributed by atoms with van der Waals surface area (Å²) in [5.41, 5.74) is 0. The van der Waals surface area contributed by atoms with Gasteiger partial charge in [0.15, 0.2) is 0 Å². The van der Waals surface area contributed by atoms with Gasteiger partial charge in [-0.25, -0.2) is 0 Å². The van der Waals surface area contributed by atoms with Gasteiger partial charge in [0.05, 0.1) is 30.5 Å². The SMILES string of the molecule is CCCCCCCCCCC(O)CN(CCN1CCN(CCN(CC(O)CCCCCCCCCC)CC(O)CCCCCCCCCC)CC1)CCN(CC(C)O)CC(O)CCCCCCCCCC. The maximum atomic E-state index is 11.3. The molecule has 5 unspecified atom stereocenters. The highest BCUT2D eigenvalue weighted by Gasteiger charge is 2.23. The summed E-state index contributed by atoms with van der Waals surface area (Å²) in [7, 11) is 0. The number of rotatable bonds is 55. The van der Waals surface area contributed by atoms with E-state index in [0.717, 1.165) is 117 Å². The molecule has 0 aromatic heterocycles. The minimum absolute atomic E-state index is 0.340. The van der Waals surface area contributed by atoms with Crippen molar-refractivity contribution in [3.8, 4) is 0 Å². The van der Waals surface area contributed by atoms with Crippen LogP contribution in [-0.4, -0.2) is 179 Å². The zero-order valence-electron chi connectivity index (χ0n) is 48.4. The molecule has 10 heteroatoms. The summed E-state index contributed by atoms with van der Waals surface area (Å²) in [5, 5.41) is 55.3. The molecule has 0 spiro atoms. The lowest BCUT2D eigenvalue weighted by Gasteiger charge is -2.37. The Kier molecular flexibility index (Phi) is 48.7. The Morgan fingerprint density at radius 3 is 0.803 bits per heavy atom. The topological polar surface area (TPSA) is 117 Å². The first kappa shape index (κ1) is 68.6. The van der Waals surface area contributed by atoms with Gasteiger partial charge < -0.3 is 25.5 Å². The van der Waals surface area contributed by atoms with Gasteiger partial charge in [0.25, 0.3) is 0 Å². The smallest absolute Gasteiger partial charge is 0.0667 e. The predicted molar refractivity (Wildman–Crippen MR) is 307 cm³/mol. The predicted octanol–water partition coefficient (Wildman–Crippen LogP) is 12.5. The average Bonchev–Trinajstić information content (AvgIpc) is 3.35. The fraction of sp³-hybridized carbons (Fsp3) is 1.00. The molecule has 0 aromatic rings. The molecule has 10 nitrogen and oxygen atoms in total. The van der Waals surface area contributed by atoms with Crippen LogP contribution in [0.3, 0.4) is 0 Å². The number of aliphatic hydroxyl groups excluding tert-OH is 5. The Morgan fingerprint density at radius 1 is 0.296 bits per heavy atom. The molecule has 0 radical (unpaired) electrons. The number of aliphatic hydroxyl groups is 5. The van der Waals surface area contributed by atoms with Crippen LogP contribution in [0.15, 0.2) is 0 Å². The number of hydrogen-bond acceptors (Lipinski definition) is 10. The van der Waals surface area contributed by atoms with Crippen molar-refractivity contribution in [2.24, 2.45) is 0 Å². The summed E-state index contributed by atoms with van der Waals surface area (Å²) >= 11 is 0. The van der Waals surface area contributed by atoms with E-state index in [0.29, 0.717) is 32.7 Å². The van der Waals surface area contributed by atoms with Gasteiger partial charge >= 0.3 is 0 Å². The van der Waals surface area contributed by atoms with E-state index in [-0.39, 0.29) is 24.4 Å². The van der Waals surface area contributed by atoms with E-state index >= 15 is 0 Å². The van der Waals surface area contributed by atoms with Crippen LogP contribution in [-0.2, 0) is 0 Å². The zero-order valence-corrected chi connectivity index (χ0v) is 48.4. The van der Waals surface area contributed by atoms with Crippen molar-refractivity contribution in [1.29, 1.82) is 0 Å². The summed E-state index contributed by atoms with van der Waals surface area (Å²) in [6, 6.07) is 0. The minimum Gasteiger partial charge on any atom is -0.392 e. The van der Waals surface area contributed by atoms with E-state index in [1.165, 1.54) is 180 Å². The molecule has 1 heterocycles.